The van der Waals surface area contributed by atoms with Gasteiger partial charge in [0.2, 0.25) is 0 Å². The Labute approximate surface area is 126 Å². The molecule has 116 valence electrons. The van der Waals surface area contributed by atoms with Gasteiger partial charge in [-0.15, -0.1) is 0 Å². The maximum Gasteiger partial charge on any atom is 0.271 e. The molecule has 0 amide bonds. The second-order valence-corrected chi connectivity index (χ2v) is 5.90. The van der Waals surface area contributed by atoms with E-state index in [9.17, 15) is 23.6 Å². The van der Waals surface area contributed by atoms with Gasteiger partial charge in [-0.3, -0.25) is 14.8 Å². The zero-order chi connectivity index (χ0) is 16.3. The average molecular weight is 324 g/mol. The van der Waals surface area contributed by atoms with Crippen molar-refractivity contribution < 1.29 is 23.2 Å². The Morgan fingerprint density at radius 1 is 1.23 bits per heavy atom. The summed E-state index contributed by atoms with van der Waals surface area (Å²) in [4.78, 5) is 9.73. The van der Waals surface area contributed by atoms with Crippen LogP contribution in [0.3, 0.4) is 0 Å². The maximum atomic E-state index is 12.4. The second-order valence-electron chi connectivity index (χ2n) is 4.25. The predicted octanol–water partition coefficient (Wildman–Crippen LogP) is 2.11. The summed E-state index contributed by atoms with van der Waals surface area (Å²) in [6, 6.07) is 8.73. The van der Waals surface area contributed by atoms with E-state index in [4.69, 9.17) is 4.74 Å². The molecule has 2 rings (SSSR count). The van der Waals surface area contributed by atoms with Gasteiger partial charge in [-0.2, -0.15) is 0 Å². The van der Waals surface area contributed by atoms with Crippen LogP contribution in [0.5, 0.6) is 11.5 Å². The Kier molecular flexibility index (Phi) is 4.18. The molecule has 0 unspecified atom stereocenters. The van der Waals surface area contributed by atoms with Crippen LogP contribution in [0.25, 0.3) is 0 Å². The molecule has 0 saturated heterocycles. The summed E-state index contributed by atoms with van der Waals surface area (Å²) in [6.07, 6.45) is 0. The number of sulfonamides is 1. The number of benzene rings is 2. The van der Waals surface area contributed by atoms with Crippen molar-refractivity contribution in [2.75, 3.05) is 11.8 Å². The van der Waals surface area contributed by atoms with Gasteiger partial charge in [0.1, 0.15) is 16.4 Å². The number of rotatable bonds is 5. The van der Waals surface area contributed by atoms with Crippen molar-refractivity contribution in [3.05, 3.63) is 52.6 Å². The van der Waals surface area contributed by atoms with Gasteiger partial charge < -0.3 is 9.84 Å². The number of nitro benzene ring substituents is 1. The van der Waals surface area contributed by atoms with E-state index in [1.54, 1.807) is 0 Å². The van der Waals surface area contributed by atoms with Crippen LogP contribution in [0, 0.1) is 10.1 Å². The molecule has 2 aromatic rings. The maximum absolute atomic E-state index is 12.4. The number of aromatic hydroxyl groups is 1. The standard InChI is InChI=1S/C13H12N2O6S/c1-21-12-6-5-10(15(17)18)8-13(12)22(19,20)14-9-3-2-4-11(16)7-9/h2-8,14,16H,1H3. The summed E-state index contributed by atoms with van der Waals surface area (Å²) in [6.45, 7) is 0. The summed E-state index contributed by atoms with van der Waals surface area (Å²) in [7, 11) is -2.86. The second kappa shape index (κ2) is 5.90. The number of hydrogen-bond acceptors (Lipinski definition) is 6. The van der Waals surface area contributed by atoms with Crippen LogP contribution < -0.4 is 9.46 Å². The number of methoxy groups -OCH3 is 1. The highest BCUT2D eigenvalue weighted by atomic mass is 32.2. The Morgan fingerprint density at radius 3 is 2.55 bits per heavy atom. The van der Waals surface area contributed by atoms with E-state index in [0.717, 1.165) is 12.1 Å². The molecule has 0 atom stereocenters. The average Bonchev–Trinajstić information content (AvgIpc) is 2.46. The van der Waals surface area contributed by atoms with Crippen molar-refractivity contribution in [2.45, 2.75) is 4.90 Å². The highest BCUT2D eigenvalue weighted by Crippen LogP contribution is 2.30. The highest BCUT2D eigenvalue weighted by molar-refractivity contribution is 7.92. The van der Waals surface area contributed by atoms with Crippen molar-refractivity contribution in [3.8, 4) is 11.5 Å². The fraction of sp³-hybridized carbons (Fsp3) is 0.0769. The first-order valence-corrected chi connectivity index (χ1v) is 7.46. The molecular formula is C13H12N2O6S. The van der Waals surface area contributed by atoms with E-state index in [1.165, 1.54) is 37.4 Å². The lowest BCUT2D eigenvalue weighted by atomic mass is 10.3. The molecule has 0 fully saturated rings. The molecular weight excluding hydrogens is 312 g/mol. The normalized spacial score (nSPS) is 11.0. The first kappa shape index (κ1) is 15.6. The summed E-state index contributed by atoms with van der Waals surface area (Å²) in [5.74, 6) is -0.149. The number of nitro groups is 1. The first-order chi connectivity index (χ1) is 10.3. The van der Waals surface area contributed by atoms with Gasteiger partial charge in [-0.25, -0.2) is 8.42 Å². The molecule has 9 heteroatoms. The Bertz CT molecular complexity index is 819. The minimum atomic E-state index is -4.12. The summed E-state index contributed by atoms with van der Waals surface area (Å²) < 4.78 is 31.9. The first-order valence-electron chi connectivity index (χ1n) is 5.98. The SMILES string of the molecule is COc1ccc([N+](=O)[O-])cc1S(=O)(=O)Nc1cccc(O)c1. The summed E-state index contributed by atoms with van der Waals surface area (Å²) >= 11 is 0. The number of ether oxygens (including phenoxy) is 1. The fourth-order valence-corrected chi connectivity index (χ4v) is 3.01. The van der Waals surface area contributed by atoms with E-state index < -0.39 is 14.9 Å². The van der Waals surface area contributed by atoms with Crippen LogP contribution in [0.2, 0.25) is 0 Å². The zero-order valence-electron chi connectivity index (χ0n) is 11.4. The molecule has 2 aromatic carbocycles. The number of phenols is 1. The molecule has 0 aliphatic rings. The van der Waals surface area contributed by atoms with Crippen molar-refractivity contribution in [1.29, 1.82) is 0 Å². The Hall–Kier alpha value is -2.81. The monoisotopic (exact) mass is 324 g/mol. The van der Waals surface area contributed by atoms with Crippen LogP contribution in [0.1, 0.15) is 0 Å². The van der Waals surface area contributed by atoms with E-state index in [2.05, 4.69) is 4.72 Å². The van der Waals surface area contributed by atoms with Crippen molar-refractivity contribution in [2.24, 2.45) is 0 Å². The lowest BCUT2D eigenvalue weighted by molar-refractivity contribution is -0.385. The van der Waals surface area contributed by atoms with Crippen molar-refractivity contribution >= 4 is 21.4 Å². The van der Waals surface area contributed by atoms with Gasteiger partial charge in [-0.05, 0) is 18.2 Å². The smallest absolute Gasteiger partial charge is 0.271 e. The van der Waals surface area contributed by atoms with Crippen LogP contribution >= 0.6 is 0 Å². The van der Waals surface area contributed by atoms with E-state index in [1.807, 2.05) is 0 Å². The van der Waals surface area contributed by atoms with E-state index in [0.29, 0.717) is 0 Å². The molecule has 0 aliphatic heterocycles. The van der Waals surface area contributed by atoms with Crippen molar-refractivity contribution in [1.82, 2.24) is 0 Å². The van der Waals surface area contributed by atoms with Crippen LogP contribution in [-0.4, -0.2) is 25.6 Å². The fourth-order valence-electron chi connectivity index (χ4n) is 1.77. The molecule has 0 radical (unpaired) electrons. The van der Waals surface area contributed by atoms with Crippen LogP contribution in [0.4, 0.5) is 11.4 Å². The van der Waals surface area contributed by atoms with Gasteiger partial charge in [0.05, 0.1) is 17.7 Å². The molecule has 0 heterocycles. The molecule has 0 aromatic heterocycles. The quantitative estimate of drug-likeness (QED) is 0.642. The van der Waals surface area contributed by atoms with Gasteiger partial charge in [0, 0.05) is 18.2 Å². The number of hydrogen-bond donors (Lipinski definition) is 2. The third kappa shape index (κ3) is 3.26. The lowest BCUT2D eigenvalue weighted by Gasteiger charge is -2.11. The predicted molar refractivity (Wildman–Crippen MR) is 78.6 cm³/mol. The van der Waals surface area contributed by atoms with Gasteiger partial charge in [0.15, 0.2) is 0 Å². The van der Waals surface area contributed by atoms with Gasteiger partial charge in [0.25, 0.3) is 15.7 Å². The number of anilines is 1. The number of non-ortho nitro benzene ring substituents is 1. The van der Waals surface area contributed by atoms with Gasteiger partial charge in [-0.1, -0.05) is 6.07 Å². The molecule has 0 aliphatic carbocycles. The largest absolute Gasteiger partial charge is 0.508 e. The number of nitrogens with zero attached hydrogens (tertiary/aromatic N) is 1. The van der Waals surface area contributed by atoms with Crippen LogP contribution in [-0.2, 0) is 10.0 Å². The minimum absolute atomic E-state index is 0.0294. The van der Waals surface area contributed by atoms with Crippen molar-refractivity contribution in [3.63, 3.8) is 0 Å². The molecule has 2 N–H and O–H groups in total. The summed E-state index contributed by atoms with van der Waals surface area (Å²) in [5.41, 5.74) is -0.259. The molecule has 0 bridgehead atoms. The van der Waals surface area contributed by atoms with E-state index in [-0.39, 0.29) is 27.8 Å². The van der Waals surface area contributed by atoms with Gasteiger partial charge >= 0.3 is 0 Å². The number of phenolic OH excluding ortho intramolecular Hbond substituents is 1. The number of nitrogens with one attached hydrogen (secondary N) is 1. The Morgan fingerprint density at radius 2 is 1.95 bits per heavy atom. The van der Waals surface area contributed by atoms with E-state index >= 15 is 0 Å². The molecule has 8 nitrogen and oxygen atoms in total. The highest BCUT2D eigenvalue weighted by Gasteiger charge is 2.23. The minimum Gasteiger partial charge on any atom is -0.508 e. The zero-order valence-corrected chi connectivity index (χ0v) is 12.2. The Balaban J connectivity index is 2.48. The van der Waals surface area contributed by atoms with Crippen LogP contribution in [0.15, 0.2) is 47.4 Å². The molecule has 22 heavy (non-hydrogen) atoms. The summed E-state index contributed by atoms with van der Waals surface area (Å²) in [5, 5.41) is 20.1. The molecule has 0 spiro atoms. The third-order valence-corrected chi connectivity index (χ3v) is 4.15. The lowest BCUT2D eigenvalue weighted by Crippen LogP contribution is -2.14. The topological polar surface area (TPSA) is 119 Å². The molecule has 0 saturated carbocycles. The third-order valence-electron chi connectivity index (χ3n) is 2.75.